The van der Waals surface area contributed by atoms with E-state index >= 15 is 0 Å². The summed E-state index contributed by atoms with van der Waals surface area (Å²) in [6, 6.07) is -1.27. The molecule has 0 aliphatic rings. The number of ether oxygens (including phenoxy) is 1. The number of hydrogen-bond donors (Lipinski definition) is 4. The number of carbonyl (C=O) groups is 3. The Bertz CT molecular complexity index is 349. The number of rotatable bonds is 10. The van der Waals surface area contributed by atoms with Crippen LogP contribution >= 0.6 is 0 Å². The SMILES string of the molecule is COCCNC(=O)C(C)NC(=O)NC(C)CCCC(=O)O. The summed E-state index contributed by atoms with van der Waals surface area (Å²) in [5.41, 5.74) is 0. The van der Waals surface area contributed by atoms with E-state index in [4.69, 9.17) is 9.84 Å². The molecular weight excluding hydrogens is 278 g/mol. The van der Waals surface area contributed by atoms with Gasteiger partial charge in [0, 0.05) is 26.1 Å². The highest BCUT2D eigenvalue weighted by Crippen LogP contribution is 2.00. The van der Waals surface area contributed by atoms with Gasteiger partial charge in [-0.3, -0.25) is 9.59 Å². The molecule has 0 saturated carbocycles. The molecule has 0 spiro atoms. The summed E-state index contributed by atoms with van der Waals surface area (Å²) in [6.07, 6.45) is 1.13. The van der Waals surface area contributed by atoms with Gasteiger partial charge in [0.2, 0.25) is 5.91 Å². The van der Waals surface area contributed by atoms with E-state index < -0.39 is 18.0 Å². The van der Waals surface area contributed by atoms with Crippen molar-refractivity contribution in [2.75, 3.05) is 20.3 Å². The number of carboxylic acid groups (broad SMARTS) is 1. The van der Waals surface area contributed by atoms with Gasteiger partial charge in [0.25, 0.3) is 0 Å². The average molecular weight is 303 g/mol. The fourth-order valence-electron chi connectivity index (χ4n) is 1.59. The molecule has 122 valence electrons. The van der Waals surface area contributed by atoms with Crippen molar-refractivity contribution in [3.8, 4) is 0 Å². The fourth-order valence-corrected chi connectivity index (χ4v) is 1.59. The summed E-state index contributed by atoms with van der Waals surface area (Å²) >= 11 is 0. The molecule has 2 unspecified atom stereocenters. The molecule has 0 heterocycles. The highest BCUT2D eigenvalue weighted by Gasteiger charge is 2.16. The number of nitrogens with one attached hydrogen (secondary N) is 3. The highest BCUT2D eigenvalue weighted by atomic mass is 16.5. The number of carboxylic acids is 1. The molecule has 2 atom stereocenters. The van der Waals surface area contributed by atoms with Crippen molar-refractivity contribution in [1.29, 1.82) is 0 Å². The minimum absolute atomic E-state index is 0.0753. The van der Waals surface area contributed by atoms with Gasteiger partial charge in [0.05, 0.1) is 6.61 Å². The van der Waals surface area contributed by atoms with Gasteiger partial charge < -0.3 is 25.8 Å². The molecule has 0 aromatic heterocycles. The molecule has 8 heteroatoms. The third kappa shape index (κ3) is 10.6. The van der Waals surface area contributed by atoms with Crippen LogP contribution in [0.15, 0.2) is 0 Å². The minimum atomic E-state index is -0.854. The highest BCUT2D eigenvalue weighted by molar-refractivity contribution is 5.86. The molecular formula is C13H25N3O5. The van der Waals surface area contributed by atoms with Crippen LogP contribution in [0.2, 0.25) is 0 Å². The molecule has 0 aliphatic carbocycles. The van der Waals surface area contributed by atoms with Crippen molar-refractivity contribution >= 4 is 17.9 Å². The number of carbonyl (C=O) groups excluding carboxylic acids is 2. The topological polar surface area (TPSA) is 117 Å². The summed E-state index contributed by atoms with van der Waals surface area (Å²) in [6.45, 7) is 4.15. The van der Waals surface area contributed by atoms with Crippen molar-refractivity contribution in [3.05, 3.63) is 0 Å². The Balaban J connectivity index is 3.90. The second-order valence-electron chi connectivity index (χ2n) is 4.81. The summed E-state index contributed by atoms with van der Waals surface area (Å²) in [7, 11) is 1.53. The molecule has 0 aliphatic heterocycles. The van der Waals surface area contributed by atoms with E-state index in [9.17, 15) is 14.4 Å². The smallest absolute Gasteiger partial charge is 0.315 e. The van der Waals surface area contributed by atoms with E-state index in [1.54, 1.807) is 13.8 Å². The predicted molar refractivity (Wildman–Crippen MR) is 77.0 cm³/mol. The van der Waals surface area contributed by atoms with Crippen molar-refractivity contribution in [2.24, 2.45) is 0 Å². The quantitative estimate of drug-likeness (QED) is 0.426. The molecule has 4 N–H and O–H groups in total. The van der Waals surface area contributed by atoms with Crippen LogP contribution in [0.4, 0.5) is 4.79 Å². The van der Waals surface area contributed by atoms with Gasteiger partial charge in [-0.1, -0.05) is 0 Å². The first kappa shape index (κ1) is 19.2. The Morgan fingerprint density at radius 3 is 2.43 bits per heavy atom. The number of amides is 3. The molecule has 3 amide bonds. The molecule has 0 radical (unpaired) electrons. The lowest BCUT2D eigenvalue weighted by Crippen LogP contribution is -2.50. The zero-order valence-corrected chi connectivity index (χ0v) is 12.8. The Morgan fingerprint density at radius 1 is 1.19 bits per heavy atom. The molecule has 0 aromatic carbocycles. The summed E-state index contributed by atoms with van der Waals surface area (Å²) in [4.78, 5) is 33.6. The maximum Gasteiger partial charge on any atom is 0.315 e. The first-order valence-electron chi connectivity index (χ1n) is 6.92. The van der Waals surface area contributed by atoms with E-state index in [0.29, 0.717) is 26.0 Å². The predicted octanol–water partition coefficient (Wildman–Crippen LogP) is 0.0801. The molecule has 0 saturated heterocycles. The van der Waals surface area contributed by atoms with Crippen molar-refractivity contribution in [1.82, 2.24) is 16.0 Å². The van der Waals surface area contributed by atoms with Crippen molar-refractivity contribution in [2.45, 2.75) is 45.2 Å². The lowest BCUT2D eigenvalue weighted by atomic mass is 10.1. The number of aliphatic carboxylic acids is 1. The normalized spacial score (nSPS) is 13.1. The third-order valence-corrected chi connectivity index (χ3v) is 2.75. The number of methoxy groups -OCH3 is 1. The average Bonchev–Trinajstić information content (AvgIpc) is 2.37. The molecule has 0 bridgehead atoms. The van der Waals surface area contributed by atoms with Gasteiger partial charge in [-0.25, -0.2) is 4.79 Å². The van der Waals surface area contributed by atoms with Crippen LogP contribution in [0.3, 0.4) is 0 Å². The summed E-state index contributed by atoms with van der Waals surface area (Å²) in [5.74, 6) is -1.14. The molecule has 21 heavy (non-hydrogen) atoms. The van der Waals surface area contributed by atoms with E-state index in [2.05, 4.69) is 16.0 Å². The van der Waals surface area contributed by atoms with Crippen LogP contribution < -0.4 is 16.0 Å². The van der Waals surface area contributed by atoms with Crippen LogP contribution in [-0.4, -0.2) is 55.4 Å². The molecule has 0 rings (SSSR count). The lowest BCUT2D eigenvalue weighted by molar-refractivity contribution is -0.137. The van der Waals surface area contributed by atoms with Gasteiger partial charge in [-0.15, -0.1) is 0 Å². The van der Waals surface area contributed by atoms with Crippen LogP contribution in [0.25, 0.3) is 0 Å². The zero-order valence-electron chi connectivity index (χ0n) is 12.8. The second kappa shape index (κ2) is 10.9. The van der Waals surface area contributed by atoms with Crippen molar-refractivity contribution in [3.63, 3.8) is 0 Å². The van der Waals surface area contributed by atoms with Gasteiger partial charge in [0.15, 0.2) is 0 Å². The van der Waals surface area contributed by atoms with Crippen LogP contribution in [0, 0.1) is 0 Å². The number of hydrogen-bond acceptors (Lipinski definition) is 4. The molecule has 0 fully saturated rings. The summed E-state index contributed by atoms with van der Waals surface area (Å²) in [5, 5.41) is 16.3. The standard InChI is InChI=1S/C13H25N3O5/c1-9(5-4-6-11(17)18)15-13(20)16-10(2)12(19)14-7-8-21-3/h9-10H,4-8H2,1-3H3,(H,14,19)(H,17,18)(H2,15,16,20). The Kier molecular flexibility index (Phi) is 9.95. The van der Waals surface area contributed by atoms with Crippen LogP contribution in [0.1, 0.15) is 33.1 Å². The van der Waals surface area contributed by atoms with E-state index in [-0.39, 0.29) is 18.4 Å². The van der Waals surface area contributed by atoms with Crippen LogP contribution in [0.5, 0.6) is 0 Å². The Morgan fingerprint density at radius 2 is 1.86 bits per heavy atom. The van der Waals surface area contributed by atoms with Gasteiger partial charge in [-0.05, 0) is 26.7 Å². The van der Waals surface area contributed by atoms with Gasteiger partial charge in [0.1, 0.15) is 6.04 Å². The lowest BCUT2D eigenvalue weighted by Gasteiger charge is -2.17. The first-order valence-corrected chi connectivity index (χ1v) is 6.92. The maximum atomic E-state index is 11.7. The first-order chi connectivity index (χ1) is 9.86. The van der Waals surface area contributed by atoms with Crippen molar-refractivity contribution < 1.29 is 24.2 Å². The third-order valence-electron chi connectivity index (χ3n) is 2.75. The van der Waals surface area contributed by atoms with Gasteiger partial charge >= 0.3 is 12.0 Å². The number of urea groups is 1. The fraction of sp³-hybridized carbons (Fsp3) is 0.769. The monoisotopic (exact) mass is 303 g/mol. The Hall–Kier alpha value is -1.83. The molecule has 0 aromatic rings. The minimum Gasteiger partial charge on any atom is -0.481 e. The van der Waals surface area contributed by atoms with E-state index in [0.717, 1.165) is 0 Å². The van der Waals surface area contributed by atoms with Crippen LogP contribution in [-0.2, 0) is 14.3 Å². The molecule has 8 nitrogen and oxygen atoms in total. The summed E-state index contributed by atoms with van der Waals surface area (Å²) < 4.78 is 4.80. The maximum absolute atomic E-state index is 11.7. The zero-order chi connectivity index (χ0) is 16.3. The van der Waals surface area contributed by atoms with Gasteiger partial charge in [-0.2, -0.15) is 0 Å². The largest absolute Gasteiger partial charge is 0.481 e. The second-order valence-corrected chi connectivity index (χ2v) is 4.81. The van der Waals surface area contributed by atoms with E-state index in [1.165, 1.54) is 7.11 Å². The van der Waals surface area contributed by atoms with E-state index in [1.807, 2.05) is 0 Å². The Labute approximate surface area is 124 Å².